The molecule has 3 aromatic rings. The number of carbonyl (C=O) groups is 2. The monoisotopic (exact) mass is 553 g/mol. The Hall–Kier alpha value is -3.85. The SMILES string of the molecule is CCCOc1ccc(C(=O)N/N=C/c2ccc(OCC(=O)Nc3ccc(C)cc3)c(Br)c2)cc1OC. The molecule has 0 aliphatic rings. The van der Waals surface area contributed by atoms with Crippen LogP contribution in [0.3, 0.4) is 0 Å². The lowest BCUT2D eigenvalue weighted by Crippen LogP contribution is -2.20. The third-order valence-corrected chi connectivity index (χ3v) is 5.54. The number of anilines is 1. The normalized spacial score (nSPS) is 10.7. The van der Waals surface area contributed by atoms with Crippen LogP contribution in [0.15, 0.2) is 70.2 Å². The molecule has 36 heavy (non-hydrogen) atoms. The van der Waals surface area contributed by atoms with Crippen LogP contribution in [-0.4, -0.2) is 38.4 Å². The average molecular weight is 554 g/mol. The minimum Gasteiger partial charge on any atom is -0.493 e. The van der Waals surface area contributed by atoms with E-state index in [9.17, 15) is 9.59 Å². The largest absolute Gasteiger partial charge is 0.493 e. The molecule has 0 aromatic heterocycles. The summed E-state index contributed by atoms with van der Waals surface area (Å²) < 4.78 is 17.2. The van der Waals surface area contributed by atoms with Gasteiger partial charge in [0.2, 0.25) is 0 Å². The van der Waals surface area contributed by atoms with Crippen molar-refractivity contribution in [3.05, 3.63) is 81.8 Å². The fraction of sp³-hybridized carbons (Fsp3) is 0.222. The number of nitrogens with one attached hydrogen (secondary N) is 2. The standard InChI is InChI=1S/C27H28BrN3O5/c1-4-13-35-24-12-8-20(15-25(24)34-3)27(33)31-29-16-19-7-11-23(22(28)14-19)36-17-26(32)30-21-9-5-18(2)6-10-21/h5-12,14-16H,4,13,17H2,1-3H3,(H,30,32)(H,31,33)/b29-16+. The zero-order chi connectivity index (χ0) is 25.9. The molecular formula is C27H28BrN3O5. The second-order valence-corrected chi connectivity index (χ2v) is 8.66. The molecule has 0 fully saturated rings. The first-order chi connectivity index (χ1) is 17.4. The number of ether oxygens (including phenoxy) is 3. The van der Waals surface area contributed by atoms with E-state index < -0.39 is 0 Å². The van der Waals surface area contributed by atoms with Crippen molar-refractivity contribution in [1.82, 2.24) is 5.43 Å². The molecule has 0 spiro atoms. The molecule has 2 amide bonds. The number of rotatable bonds is 11. The van der Waals surface area contributed by atoms with Gasteiger partial charge in [0.1, 0.15) is 5.75 Å². The van der Waals surface area contributed by atoms with Crippen molar-refractivity contribution in [2.24, 2.45) is 5.10 Å². The number of benzene rings is 3. The highest BCUT2D eigenvalue weighted by Crippen LogP contribution is 2.28. The highest BCUT2D eigenvalue weighted by molar-refractivity contribution is 9.10. The molecule has 8 nitrogen and oxygen atoms in total. The Bertz CT molecular complexity index is 1230. The maximum absolute atomic E-state index is 12.5. The molecule has 9 heteroatoms. The van der Waals surface area contributed by atoms with E-state index in [0.29, 0.717) is 39.6 Å². The number of amides is 2. The van der Waals surface area contributed by atoms with E-state index >= 15 is 0 Å². The predicted molar refractivity (Wildman–Crippen MR) is 143 cm³/mol. The summed E-state index contributed by atoms with van der Waals surface area (Å²) in [4.78, 5) is 24.6. The molecule has 0 aliphatic carbocycles. The summed E-state index contributed by atoms with van der Waals surface area (Å²) in [5.74, 6) is 0.921. The first-order valence-electron chi connectivity index (χ1n) is 11.3. The number of hydrogen-bond donors (Lipinski definition) is 2. The molecule has 0 atom stereocenters. The second-order valence-electron chi connectivity index (χ2n) is 7.81. The van der Waals surface area contributed by atoms with E-state index in [0.717, 1.165) is 17.5 Å². The van der Waals surface area contributed by atoms with Gasteiger partial charge in [-0.1, -0.05) is 24.6 Å². The van der Waals surface area contributed by atoms with Crippen LogP contribution in [0.5, 0.6) is 17.2 Å². The summed E-state index contributed by atoms with van der Waals surface area (Å²) in [6.07, 6.45) is 2.37. The van der Waals surface area contributed by atoms with Crippen LogP contribution >= 0.6 is 15.9 Å². The lowest BCUT2D eigenvalue weighted by Gasteiger charge is -2.11. The molecule has 0 heterocycles. The summed E-state index contributed by atoms with van der Waals surface area (Å²) in [6, 6.07) is 17.7. The molecular weight excluding hydrogens is 526 g/mol. The van der Waals surface area contributed by atoms with Gasteiger partial charge in [0.15, 0.2) is 18.1 Å². The van der Waals surface area contributed by atoms with Gasteiger partial charge in [-0.05, 0) is 83.4 Å². The van der Waals surface area contributed by atoms with E-state index in [1.807, 2.05) is 38.1 Å². The fourth-order valence-electron chi connectivity index (χ4n) is 3.06. The fourth-order valence-corrected chi connectivity index (χ4v) is 3.57. The van der Waals surface area contributed by atoms with Gasteiger partial charge < -0.3 is 19.5 Å². The molecule has 188 valence electrons. The van der Waals surface area contributed by atoms with Crippen molar-refractivity contribution in [2.75, 3.05) is 25.6 Å². The van der Waals surface area contributed by atoms with Gasteiger partial charge in [-0.15, -0.1) is 0 Å². The Morgan fingerprint density at radius 1 is 0.972 bits per heavy atom. The molecule has 0 radical (unpaired) electrons. The third-order valence-electron chi connectivity index (χ3n) is 4.92. The van der Waals surface area contributed by atoms with E-state index in [4.69, 9.17) is 14.2 Å². The van der Waals surface area contributed by atoms with Crippen molar-refractivity contribution in [1.29, 1.82) is 0 Å². The van der Waals surface area contributed by atoms with Crippen molar-refractivity contribution >= 4 is 39.6 Å². The average Bonchev–Trinajstić information content (AvgIpc) is 2.88. The minimum atomic E-state index is -0.384. The van der Waals surface area contributed by atoms with E-state index in [-0.39, 0.29) is 18.4 Å². The lowest BCUT2D eigenvalue weighted by atomic mass is 10.2. The Morgan fingerprint density at radius 2 is 1.72 bits per heavy atom. The quantitative estimate of drug-likeness (QED) is 0.247. The van der Waals surface area contributed by atoms with E-state index in [2.05, 4.69) is 31.8 Å². The Labute approximate surface area is 218 Å². The minimum absolute atomic E-state index is 0.137. The van der Waals surface area contributed by atoms with Crippen molar-refractivity contribution in [2.45, 2.75) is 20.3 Å². The number of nitrogens with zero attached hydrogens (tertiary/aromatic N) is 1. The summed E-state index contributed by atoms with van der Waals surface area (Å²) in [6.45, 7) is 4.42. The van der Waals surface area contributed by atoms with Crippen molar-refractivity contribution in [3.63, 3.8) is 0 Å². The summed E-state index contributed by atoms with van der Waals surface area (Å²) in [5, 5.41) is 6.81. The summed E-state index contributed by atoms with van der Waals surface area (Å²) in [5.41, 5.74) is 5.43. The van der Waals surface area contributed by atoms with Crippen molar-refractivity contribution < 1.29 is 23.8 Å². The third kappa shape index (κ3) is 7.84. The number of hydrogen-bond acceptors (Lipinski definition) is 6. The van der Waals surface area contributed by atoms with Gasteiger partial charge in [-0.25, -0.2) is 5.43 Å². The molecule has 3 rings (SSSR count). The molecule has 0 bridgehead atoms. The highest BCUT2D eigenvalue weighted by atomic mass is 79.9. The zero-order valence-electron chi connectivity index (χ0n) is 20.3. The Kier molecular flexibility index (Phi) is 9.88. The summed E-state index contributed by atoms with van der Waals surface area (Å²) in [7, 11) is 1.52. The van der Waals surface area contributed by atoms with Gasteiger partial charge in [0, 0.05) is 11.3 Å². The maximum atomic E-state index is 12.5. The Morgan fingerprint density at radius 3 is 2.42 bits per heavy atom. The summed E-state index contributed by atoms with van der Waals surface area (Å²) >= 11 is 3.44. The number of carbonyl (C=O) groups excluding carboxylic acids is 2. The van der Waals surface area contributed by atoms with Crippen LogP contribution in [0.4, 0.5) is 5.69 Å². The molecule has 2 N–H and O–H groups in total. The van der Waals surface area contributed by atoms with Gasteiger partial charge in [0.05, 0.1) is 24.4 Å². The number of hydrazone groups is 1. The molecule has 0 aliphatic heterocycles. The van der Waals surface area contributed by atoms with Crippen LogP contribution in [0, 0.1) is 6.92 Å². The smallest absolute Gasteiger partial charge is 0.271 e. The predicted octanol–water partition coefficient (Wildman–Crippen LogP) is 5.34. The second kappa shape index (κ2) is 13.3. The van der Waals surface area contributed by atoms with Crippen LogP contribution in [0.2, 0.25) is 0 Å². The van der Waals surface area contributed by atoms with Gasteiger partial charge in [0.25, 0.3) is 11.8 Å². The molecule has 0 saturated carbocycles. The Balaban J connectivity index is 1.53. The first kappa shape index (κ1) is 26.7. The molecule has 3 aromatic carbocycles. The van der Waals surface area contributed by atoms with Crippen LogP contribution in [0.1, 0.15) is 34.8 Å². The topological polar surface area (TPSA) is 98.3 Å². The van der Waals surface area contributed by atoms with Gasteiger partial charge in [-0.2, -0.15) is 5.10 Å². The maximum Gasteiger partial charge on any atom is 0.271 e. The lowest BCUT2D eigenvalue weighted by molar-refractivity contribution is -0.118. The van der Waals surface area contributed by atoms with Gasteiger partial charge in [-0.3, -0.25) is 9.59 Å². The first-order valence-corrected chi connectivity index (χ1v) is 12.1. The van der Waals surface area contributed by atoms with Crippen LogP contribution < -0.4 is 25.0 Å². The van der Waals surface area contributed by atoms with Gasteiger partial charge >= 0.3 is 0 Å². The van der Waals surface area contributed by atoms with Crippen molar-refractivity contribution in [3.8, 4) is 17.2 Å². The highest BCUT2D eigenvalue weighted by Gasteiger charge is 2.11. The van der Waals surface area contributed by atoms with Crippen LogP contribution in [-0.2, 0) is 4.79 Å². The number of halogens is 1. The zero-order valence-corrected chi connectivity index (χ0v) is 21.9. The van der Waals surface area contributed by atoms with Crippen LogP contribution in [0.25, 0.3) is 0 Å². The molecule has 0 unspecified atom stereocenters. The van der Waals surface area contributed by atoms with E-state index in [1.54, 1.807) is 36.4 Å². The number of aryl methyl sites for hydroxylation is 1. The van der Waals surface area contributed by atoms with E-state index in [1.165, 1.54) is 13.3 Å². The number of methoxy groups -OCH3 is 1. The molecule has 0 saturated heterocycles.